The zero-order valence-electron chi connectivity index (χ0n) is 8.78. The van der Waals surface area contributed by atoms with Gasteiger partial charge in [0.2, 0.25) is 0 Å². The van der Waals surface area contributed by atoms with E-state index < -0.39 is 5.97 Å². The van der Waals surface area contributed by atoms with Crippen LogP contribution in [0.3, 0.4) is 0 Å². The summed E-state index contributed by atoms with van der Waals surface area (Å²) >= 11 is 0. The number of carboxylic acids is 1. The van der Waals surface area contributed by atoms with Gasteiger partial charge >= 0.3 is 5.97 Å². The van der Waals surface area contributed by atoms with E-state index in [1.165, 1.54) is 12.8 Å². The normalized spacial score (nSPS) is 30.5. The van der Waals surface area contributed by atoms with Crippen LogP contribution in [0.25, 0.3) is 0 Å². The number of nitrogens with zero attached hydrogens (tertiary/aromatic N) is 1. The minimum atomic E-state index is -0.643. The first-order valence-corrected chi connectivity index (χ1v) is 5.62. The van der Waals surface area contributed by atoms with E-state index >= 15 is 0 Å². The lowest BCUT2D eigenvalue weighted by molar-refractivity contribution is -0.138. The Balaban J connectivity index is 1.78. The fourth-order valence-corrected chi connectivity index (χ4v) is 2.52. The third kappa shape index (κ3) is 2.27. The van der Waals surface area contributed by atoms with Crippen LogP contribution in [0.2, 0.25) is 0 Å². The average molecular weight is 197 g/mol. The maximum Gasteiger partial charge on any atom is 0.303 e. The van der Waals surface area contributed by atoms with Gasteiger partial charge in [-0.15, -0.1) is 0 Å². The van der Waals surface area contributed by atoms with Crippen molar-refractivity contribution < 1.29 is 9.90 Å². The van der Waals surface area contributed by atoms with E-state index in [4.69, 9.17) is 5.11 Å². The van der Waals surface area contributed by atoms with E-state index in [9.17, 15) is 4.79 Å². The molecule has 2 fully saturated rings. The summed E-state index contributed by atoms with van der Waals surface area (Å²) in [5.41, 5.74) is 0. The Morgan fingerprint density at radius 3 is 2.79 bits per heavy atom. The smallest absolute Gasteiger partial charge is 0.303 e. The minimum absolute atomic E-state index is 0.355. The van der Waals surface area contributed by atoms with Gasteiger partial charge in [0.15, 0.2) is 0 Å². The lowest BCUT2D eigenvalue weighted by Gasteiger charge is -2.23. The molecule has 1 aliphatic carbocycles. The van der Waals surface area contributed by atoms with Gasteiger partial charge in [-0.2, -0.15) is 0 Å². The second-order valence-electron chi connectivity index (χ2n) is 4.83. The van der Waals surface area contributed by atoms with Crippen molar-refractivity contribution in [2.24, 2.45) is 11.8 Å². The molecule has 0 radical (unpaired) electrons. The summed E-state index contributed by atoms with van der Waals surface area (Å²) in [6, 6.07) is 0.689. The van der Waals surface area contributed by atoms with Crippen LogP contribution in [0.5, 0.6) is 0 Å². The van der Waals surface area contributed by atoms with Gasteiger partial charge in [0.05, 0.1) is 0 Å². The quantitative estimate of drug-likeness (QED) is 0.744. The summed E-state index contributed by atoms with van der Waals surface area (Å²) in [6.07, 6.45) is 4.18. The molecule has 0 spiro atoms. The van der Waals surface area contributed by atoms with E-state index in [1.807, 2.05) is 0 Å². The van der Waals surface area contributed by atoms with E-state index in [2.05, 4.69) is 11.8 Å². The number of aliphatic carboxylic acids is 1. The molecule has 0 amide bonds. The molecule has 1 aliphatic heterocycles. The highest BCUT2D eigenvalue weighted by atomic mass is 16.4. The van der Waals surface area contributed by atoms with Gasteiger partial charge in [0.1, 0.15) is 0 Å². The largest absolute Gasteiger partial charge is 0.481 e. The van der Waals surface area contributed by atoms with Crippen molar-refractivity contribution in [3.63, 3.8) is 0 Å². The number of rotatable bonds is 4. The Kier molecular flexibility index (Phi) is 2.77. The predicted octanol–water partition coefficient (Wildman–Crippen LogP) is 1.58. The SMILES string of the molecule is CC(C1CC1)N1CCC(CC(=O)O)C1. The third-order valence-corrected chi connectivity index (χ3v) is 3.66. The number of likely N-dealkylation sites (tertiary alicyclic amines) is 1. The Morgan fingerprint density at radius 2 is 2.21 bits per heavy atom. The molecule has 1 N–H and O–H groups in total. The summed E-state index contributed by atoms with van der Waals surface area (Å²) in [7, 11) is 0. The molecule has 1 saturated carbocycles. The summed E-state index contributed by atoms with van der Waals surface area (Å²) in [5.74, 6) is 0.656. The Bertz CT molecular complexity index is 225. The second kappa shape index (κ2) is 3.89. The molecule has 0 aromatic rings. The minimum Gasteiger partial charge on any atom is -0.481 e. The number of carboxylic acid groups (broad SMARTS) is 1. The molecule has 3 heteroatoms. The van der Waals surface area contributed by atoms with Crippen molar-refractivity contribution in [3.05, 3.63) is 0 Å². The van der Waals surface area contributed by atoms with Gasteiger partial charge < -0.3 is 10.0 Å². The highest BCUT2D eigenvalue weighted by molar-refractivity contribution is 5.67. The Morgan fingerprint density at radius 1 is 1.50 bits per heavy atom. The fourth-order valence-electron chi connectivity index (χ4n) is 2.52. The van der Waals surface area contributed by atoms with Crippen LogP contribution in [0.15, 0.2) is 0 Å². The molecule has 1 heterocycles. The molecular formula is C11H19NO2. The summed E-state index contributed by atoms with van der Waals surface area (Å²) in [5, 5.41) is 8.70. The van der Waals surface area contributed by atoms with E-state index in [1.54, 1.807) is 0 Å². The van der Waals surface area contributed by atoms with Gasteiger partial charge in [-0.05, 0) is 44.6 Å². The number of hydrogen-bond donors (Lipinski definition) is 1. The Hall–Kier alpha value is -0.570. The zero-order valence-corrected chi connectivity index (χ0v) is 8.78. The van der Waals surface area contributed by atoms with Gasteiger partial charge in [-0.1, -0.05) is 0 Å². The predicted molar refractivity (Wildman–Crippen MR) is 54.1 cm³/mol. The van der Waals surface area contributed by atoms with Crippen LogP contribution in [0.1, 0.15) is 32.6 Å². The van der Waals surface area contributed by atoms with Gasteiger partial charge in [-0.25, -0.2) is 0 Å². The molecule has 2 aliphatic rings. The van der Waals surface area contributed by atoms with E-state index in [0.717, 1.165) is 25.4 Å². The topological polar surface area (TPSA) is 40.5 Å². The van der Waals surface area contributed by atoms with Crippen molar-refractivity contribution in [2.45, 2.75) is 38.6 Å². The van der Waals surface area contributed by atoms with Gasteiger partial charge in [0, 0.05) is 19.0 Å². The van der Waals surface area contributed by atoms with Crippen molar-refractivity contribution in [1.82, 2.24) is 4.90 Å². The standard InChI is InChI=1S/C11H19NO2/c1-8(10-2-3-10)12-5-4-9(7-12)6-11(13)14/h8-10H,2-7H2,1H3,(H,13,14). The molecule has 2 unspecified atom stereocenters. The first-order chi connectivity index (χ1) is 6.66. The highest BCUT2D eigenvalue weighted by Crippen LogP contribution is 2.37. The molecule has 0 bridgehead atoms. The third-order valence-electron chi connectivity index (χ3n) is 3.66. The van der Waals surface area contributed by atoms with E-state index in [-0.39, 0.29) is 0 Å². The van der Waals surface area contributed by atoms with Crippen molar-refractivity contribution in [1.29, 1.82) is 0 Å². The molecule has 2 rings (SSSR count). The molecule has 14 heavy (non-hydrogen) atoms. The average Bonchev–Trinajstić information content (AvgIpc) is 2.86. The zero-order chi connectivity index (χ0) is 10.1. The fraction of sp³-hybridized carbons (Fsp3) is 0.909. The van der Waals surface area contributed by atoms with Crippen molar-refractivity contribution in [2.75, 3.05) is 13.1 Å². The first-order valence-electron chi connectivity index (χ1n) is 5.62. The van der Waals surface area contributed by atoms with Crippen LogP contribution in [0.4, 0.5) is 0 Å². The van der Waals surface area contributed by atoms with Crippen LogP contribution < -0.4 is 0 Å². The summed E-state index contributed by atoms with van der Waals surface area (Å²) < 4.78 is 0. The number of hydrogen-bond acceptors (Lipinski definition) is 2. The highest BCUT2D eigenvalue weighted by Gasteiger charge is 2.35. The molecule has 3 nitrogen and oxygen atoms in total. The van der Waals surface area contributed by atoms with Gasteiger partial charge in [0.25, 0.3) is 0 Å². The molecule has 80 valence electrons. The van der Waals surface area contributed by atoms with Crippen LogP contribution in [0, 0.1) is 11.8 Å². The first kappa shape index (κ1) is 9.97. The van der Waals surface area contributed by atoms with Crippen molar-refractivity contribution in [3.8, 4) is 0 Å². The maximum atomic E-state index is 10.6. The molecule has 0 aromatic heterocycles. The molecule has 1 saturated heterocycles. The van der Waals surface area contributed by atoms with E-state index in [0.29, 0.717) is 18.4 Å². The maximum absolute atomic E-state index is 10.6. The Labute approximate surface area is 85.1 Å². The number of carbonyl (C=O) groups is 1. The molecule has 0 aromatic carbocycles. The summed E-state index contributed by atoms with van der Waals surface area (Å²) in [4.78, 5) is 13.0. The summed E-state index contributed by atoms with van der Waals surface area (Å²) in [6.45, 7) is 4.40. The van der Waals surface area contributed by atoms with Crippen LogP contribution in [-0.2, 0) is 4.79 Å². The lowest BCUT2D eigenvalue weighted by Crippen LogP contribution is -2.32. The van der Waals surface area contributed by atoms with Crippen LogP contribution in [-0.4, -0.2) is 35.1 Å². The molecular weight excluding hydrogens is 178 g/mol. The van der Waals surface area contributed by atoms with Crippen LogP contribution >= 0.6 is 0 Å². The van der Waals surface area contributed by atoms with Crippen molar-refractivity contribution >= 4 is 5.97 Å². The second-order valence-corrected chi connectivity index (χ2v) is 4.83. The lowest BCUT2D eigenvalue weighted by atomic mass is 10.1. The molecule has 2 atom stereocenters. The van der Waals surface area contributed by atoms with Gasteiger partial charge in [-0.3, -0.25) is 4.79 Å². The monoisotopic (exact) mass is 197 g/mol.